The summed E-state index contributed by atoms with van der Waals surface area (Å²) in [5, 5.41) is 0. The number of nitrogens with two attached hydrogens (primary N) is 1. The van der Waals surface area contributed by atoms with Crippen LogP contribution in [0.15, 0.2) is 48.5 Å². The molecule has 2 aromatic carbocycles. The third kappa shape index (κ3) is 2.35. The summed E-state index contributed by atoms with van der Waals surface area (Å²) in [6.07, 6.45) is -0.609. The maximum absolute atomic E-state index is 11.1. The summed E-state index contributed by atoms with van der Waals surface area (Å²) in [4.78, 5) is 11.1. The van der Waals surface area contributed by atoms with E-state index in [1.165, 1.54) is 22.3 Å². The van der Waals surface area contributed by atoms with Crippen LogP contribution >= 0.6 is 12.4 Å². The van der Waals surface area contributed by atoms with E-state index in [2.05, 4.69) is 24.3 Å². The predicted molar refractivity (Wildman–Crippen MR) is 79.6 cm³/mol. The van der Waals surface area contributed by atoms with E-state index >= 15 is 0 Å². The molecule has 0 radical (unpaired) electrons. The topological polar surface area (TPSA) is 64.3 Å². The average molecular weight is 291 g/mol. The van der Waals surface area contributed by atoms with Crippen molar-refractivity contribution in [2.75, 3.05) is 6.61 Å². The van der Waals surface area contributed by atoms with Crippen molar-refractivity contribution >= 4 is 18.5 Å². The minimum atomic E-state index is -0.609. The highest BCUT2D eigenvalue weighted by Crippen LogP contribution is 2.44. The number of carbonyl (C=O) groups excluding carboxylic acids is 1. The predicted octanol–water partition coefficient (Wildman–Crippen LogP) is 2.82. The summed E-state index contributed by atoms with van der Waals surface area (Å²) in [7, 11) is 0. The van der Waals surface area contributed by atoms with Crippen molar-refractivity contribution in [3.05, 3.63) is 59.7 Å². The van der Waals surface area contributed by atoms with Crippen molar-refractivity contribution in [3.8, 4) is 11.1 Å². The Hall–Kier alpha value is -2.04. The van der Waals surface area contributed by atoms with Gasteiger partial charge in [-0.1, -0.05) is 48.5 Å². The number of hydrazine groups is 1. The Morgan fingerprint density at radius 2 is 1.55 bits per heavy atom. The standard InChI is InChI=1S/C15H14N2O2.ClH/c16-17-15(18)19-9-14-12-7-3-1-5-10(12)11-6-2-4-8-13(11)14;/h1-8,14H,9,16H2,(H,17,18);1H. The van der Waals surface area contributed by atoms with Gasteiger partial charge in [0.15, 0.2) is 0 Å². The molecule has 0 bridgehead atoms. The normalized spacial score (nSPS) is 12.1. The second-order valence-electron chi connectivity index (χ2n) is 4.47. The van der Waals surface area contributed by atoms with Crippen molar-refractivity contribution in [1.82, 2.24) is 5.43 Å². The van der Waals surface area contributed by atoms with Crippen LogP contribution in [0.3, 0.4) is 0 Å². The Labute approximate surface area is 123 Å². The fourth-order valence-electron chi connectivity index (χ4n) is 2.64. The first-order valence-corrected chi connectivity index (χ1v) is 6.13. The molecule has 0 saturated heterocycles. The lowest BCUT2D eigenvalue weighted by Crippen LogP contribution is -2.31. The molecule has 2 aromatic rings. The van der Waals surface area contributed by atoms with Crippen LogP contribution < -0.4 is 11.3 Å². The highest BCUT2D eigenvalue weighted by atomic mass is 35.5. The molecule has 1 aliphatic carbocycles. The summed E-state index contributed by atoms with van der Waals surface area (Å²) in [6, 6.07) is 16.4. The number of halogens is 1. The Bertz CT molecular complexity index is 585. The van der Waals surface area contributed by atoms with Crippen molar-refractivity contribution in [1.29, 1.82) is 0 Å². The van der Waals surface area contributed by atoms with Gasteiger partial charge in [0.1, 0.15) is 6.61 Å². The second-order valence-corrected chi connectivity index (χ2v) is 4.47. The molecule has 0 fully saturated rings. The van der Waals surface area contributed by atoms with E-state index in [4.69, 9.17) is 10.6 Å². The fourth-order valence-corrected chi connectivity index (χ4v) is 2.64. The van der Waals surface area contributed by atoms with Gasteiger partial charge in [-0.3, -0.25) is 5.43 Å². The van der Waals surface area contributed by atoms with Crippen LogP contribution in [0.2, 0.25) is 0 Å². The Morgan fingerprint density at radius 1 is 1.05 bits per heavy atom. The van der Waals surface area contributed by atoms with Gasteiger partial charge in [0.05, 0.1) is 0 Å². The minimum Gasteiger partial charge on any atom is -0.448 e. The van der Waals surface area contributed by atoms with Gasteiger partial charge in [-0.15, -0.1) is 12.4 Å². The largest absolute Gasteiger partial charge is 0.448 e. The van der Waals surface area contributed by atoms with Crippen molar-refractivity contribution in [3.63, 3.8) is 0 Å². The quantitative estimate of drug-likeness (QED) is 0.508. The zero-order chi connectivity index (χ0) is 13.2. The molecule has 0 atom stereocenters. The van der Waals surface area contributed by atoms with Crippen molar-refractivity contribution in [2.24, 2.45) is 5.84 Å². The first kappa shape index (κ1) is 14.4. The van der Waals surface area contributed by atoms with Gasteiger partial charge in [0.25, 0.3) is 0 Å². The van der Waals surface area contributed by atoms with Crippen LogP contribution in [-0.4, -0.2) is 12.7 Å². The lowest BCUT2D eigenvalue weighted by Gasteiger charge is -2.13. The molecule has 5 heteroatoms. The van der Waals surface area contributed by atoms with Crippen molar-refractivity contribution in [2.45, 2.75) is 5.92 Å². The molecule has 0 aliphatic heterocycles. The Kier molecular flexibility index (Phi) is 4.27. The van der Waals surface area contributed by atoms with Gasteiger partial charge in [-0.2, -0.15) is 0 Å². The lowest BCUT2D eigenvalue weighted by atomic mass is 9.98. The van der Waals surface area contributed by atoms with Gasteiger partial charge in [-0.25, -0.2) is 10.6 Å². The summed E-state index contributed by atoms with van der Waals surface area (Å²) in [5.74, 6) is 5.10. The SMILES string of the molecule is Cl.NNC(=O)OCC1c2ccccc2-c2ccccc21. The zero-order valence-corrected chi connectivity index (χ0v) is 11.5. The molecule has 0 saturated carbocycles. The third-order valence-corrected chi connectivity index (χ3v) is 3.46. The van der Waals surface area contributed by atoms with E-state index < -0.39 is 6.09 Å². The highest BCUT2D eigenvalue weighted by Gasteiger charge is 2.28. The zero-order valence-electron chi connectivity index (χ0n) is 10.7. The number of ether oxygens (including phenoxy) is 1. The van der Waals surface area contributed by atoms with E-state index in [1.807, 2.05) is 29.7 Å². The van der Waals surface area contributed by atoms with Gasteiger partial charge in [-0.05, 0) is 22.3 Å². The van der Waals surface area contributed by atoms with Crippen LogP contribution in [-0.2, 0) is 4.74 Å². The van der Waals surface area contributed by atoms with Gasteiger partial charge >= 0.3 is 6.09 Å². The number of benzene rings is 2. The third-order valence-electron chi connectivity index (χ3n) is 3.46. The molecular weight excluding hydrogens is 276 g/mol. The number of rotatable bonds is 2. The molecule has 20 heavy (non-hydrogen) atoms. The number of carbonyl (C=O) groups is 1. The van der Waals surface area contributed by atoms with Crippen molar-refractivity contribution < 1.29 is 9.53 Å². The van der Waals surface area contributed by atoms with Crippen LogP contribution in [0.1, 0.15) is 17.0 Å². The molecule has 0 unspecified atom stereocenters. The first-order chi connectivity index (χ1) is 9.31. The van der Waals surface area contributed by atoms with Crippen LogP contribution in [0, 0.1) is 0 Å². The van der Waals surface area contributed by atoms with E-state index in [0.29, 0.717) is 0 Å². The summed E-state index contributed by atoms with van der Waals surface area (Å²) >= 11 is 0. The summed E-state index contributed by atoms with van der Waals surface area (Å²) in [6.45, 7) is 0.289. The average Bonchev–Trinajstić information content (AvgIpc) is 2.79. The number of hydrogen-bond acceptors (Lipinski definition) is 3. The maximum Gasteiger partial charge on any atom is 0.421 e. The second kappa shape index (κ2) is 5.94. The van der Waals surface area contributed by atoms with E-state index in [-0.39, 0.29) is 24.9 Å². The molecule has 0 aromatic heterocycles. The molecule has 0 heterocycles. The Morgan fingerprint density at radius 3 is 2.05 bits per heavy atom. The van der Waals surface area contributed by atoms with Crippen LogP contribution in [0.25, 0.3) is 11.1 Å². The fraction of sp³-hybridized carbons (Fsp3) is 0.133. The van der Waals surface area contributed by atoms with E-state index in [0.717, 1.165) is 0 Å². The number of amides is 1. The molecule has 1 amide bonds. The molecule has 1 aliphatic rings. The first-order valence-electron chi connectivity index (χ1n) is 6.13. The molecule has 3 rings (SSSR count). The van der Waals surface area contributed by atoms with Gasteiger partial charge < -0.3 is 4.74 Å². The van der Waals surface area contributed by atoms with E-state index in [1.54, 1.807) is 0 Å². The number of hydrogen-bond donors (Lipinski definition) is 2. The monoisotopic (exact) mass is 290 g/mol. The maximum atomic E-state index is 11.1. The Balaban J connectivity index is 0.00000147. The van der Waals surface area contributed by atoms with Crippen LogP contribution in [0.4, 0.5) is 4.79 Å². The molecule has 3 N–H and O–H groups in total. The van der Waals surface area contributed by atoms with Gasteiger partial charge in [0.2, 0.25) is 0 Å². The number of fused-ring (bicyclic) bond motifs is 3. The molecule has 4 nitrogen and oxygen atoms in total. The van der Waals surface area contributed by atoms with Gasteiger partial charge in [0, 0.05) is 5.92 Å². The molecule has 104 valence electrons. The smallest absolute Gasteiger partial charge is 0.421 e. The molecular formula is C15H15ClN2O2. The highest BCUT2D eigenvalue weighted by molar-refractivity contribution is 5.85. The minimum absolute atomic E-state index is 0. The summed E-state index contributed by atoms with van der Waals surface area (Å²) < 4.78 is 5.11. The molecule has 0 spiro atoms. The van der Waals surface area contributed by atoms with E-state index in [9.17, 15) is 4.79 Å². The number of nitrogens with one attached hydrogen (secondary N) is 1. The lowest BCUT2D eigenvalue weighted by molar-refractivity contribution is 0.143. The summed E-state index contributed by atoms with van der Waals surface area (Å²) in [5.41, 5.74) is 6.77. The van der Waals surface area contributed by atoms with Crippen LogP contribution in [0.5, 0.6) is 0 Å².